The predicted octanol–water partition coefficient (Wildman–Crippen LogP) is -3.04. The predicted molar refractivity (Wildman–Crippen MR) is 38.0 cm³/mol. The Balaban J connectivity index is 2.51. The van der Waals surface area contributed by atoms with Crippen LogP contribution in [0.3, 0.4) is 0 Å². The molecule has 1 aliphatic rings. The first-order valence-electron chi connectivity index (χ1n) is 3.69. The van der Waals surface area contributed by atoms with E-state index in [1.165, 1.54) is 0 Å². The quantitative estimate of drug-likeness (QED) is 0.309. The lowest BCUT2D eigenvalue weighted by atomic mass is 10.0. The molecule has 0 radical (unpaired) electrons. The molecule has 12 heavy (non-hydrogen) atoms. The van der Waals surface area contributed by atoms with E-state index in [4.69, 9.17) is 15.3 Å². The van der Waals surface area contributed by atoms with Crippen LogP contribution in [0.4, 0.5) is 0 Å². The number of hydrogen-bond acceptors (Lipinski definition) is 6. The van der Waals surface area contributed by atoms with Gasteiger partial charge in [-0.2, -0.15) is 5.48 Å². The van der Waals surface area contributed by atoms with Gasteiger partial charge in [0.15, 0.2) is 0 Å². The molecule has 1 saturated heterocycles. The van der Waals surface area contributed by atoms with Crippen molar-refractivity contribution in [2.75, 3.05) is 13.2 Å². The molecule has 1 fully saturated rings. The first kappa shape index (κ1) is 9.85. The molecule has 0 aliphatic carbocycles. The Morgan fingerprint density at radius 3 is 2.75 bits per heavy atom. The van der Waals surface area contributed by atoms with Gasteiger partial charge in [-0.25, -0.2) is 0 Å². The molecule has 0 amide bonds. The van der Waals surface area contributed by atoms with Crippen molar-refractivity contribution >= 4 is 0 Å². The third kappa shape index (κ3) is 1.92. The van der Waals surface area contributed by atoms with Crippen molar-refractivity contribution in [2.24, 2.45) is 0 Å². The molecule has 0 aromatic rings. The molecule has 0 bridgehead atoms. The second kappa shape index (κ2) is 4.13. The van der Waals surface area contributed by atoms with E-state index < -0.39 is 31.0 Å². The summed E-state index contributed by atoms with van der Waals surface area (Å²) in [5.74, 6) is 0. The highest BCUT2D eigenvalue weighted by Crippen LogP contribution is 2.09. The van der Waals surface area contributed by atoms with Gasteiger partial charge in [-0.1, -0.05) is 0 Å². The zero-order valence-corrected chi connectivity index (χ0v) is 6.42. The molecule has 0 saturated carbocycles. The fourth-order valence-electron chi connectivity index (χ4n) is 1.06. The second-order valence-corrected chi connectivity index (χ2v) is 2.76. The van der Waals surface area contributed by atoms with Gasteiger partial charge < -0.3 is 20.4 Å². The van der Waals surface area contributed by atoms with Crippen LogP contribution in [0.15, 0.2) is 0 Å². The number of hydrogen-bond donors (Lipinski definition) is 5. The Bertz CT molecular complexity index is 144. The van der Waals surface area contributed by atoms with E-state index in [9.17, 15) is 5.11 Å². The number of aliphatic hydroxyl groups excluding tert-OH is 4. The maximum absolute atomic E-state index is 9.28. The fraction of sp³-hybridized carbons (Fsp3) is 1.00. The van der Waals surface area contributed by atoms with Crippen molar-refractivity contribution in [3.63, 3.8) is 0 Å². The van der Waals surface area contributed by atoms with Gasteiger partial charge in [-0.3, -0.25) is 4.84 Å². The van der Waals surface area contributed by atoms with Crippen molar-refractivity contribution in [1.82, 2.24) is 5.48 Å². The molecule has 0 aromatic carbocycles. The smallest absolute Gasteiger partial charge is 0.107 e. The van der Waals surface area contributed by atoms with E-state index in [2.05, 4.69) is 10.3 Å². The summed E-state index contributed by atoms with van der Waals surface area (Å²) < 4.78 is 0. The lowest BCUT2D eigenvalue weighted by Crippen LogP contribution is -2.59. The average molecular weight is 179 g/mol. The number of nitrogens with one attached hydrogen (secondary N) is 1. The zero-order chi connectivity index (χ0) is 9.14. The van der Waals surface area contributed by atoms with Crippen LogP contribution in [0.25, 0.3) is 0 Å². The number of rotatable bonds is 2. The molecule has 4 atom stereocenters. The normalized spacial score (nSPS) is 39.5. The first-order chi connectivity index (χ1) is 5.66. The molecular formula is C6H13NO5. The highest BCUT2D eigenvalue weighted by Gasteiger charge is 2.35. The summed E-state index contributed by atoms with van der Waals surface area (Å²) in [6.07, 6.45) is -3.30. The van der Waals surface area contributed by atoms with Crippen molar-refractivity contribution in [1.29, 1.82) is 0 Å². The summed E-state index contributed by atoms with van der Waals surface area (Å²) in [7, 11) is 0. The van der Waals surface area contributed by atoms with Crippen LogP contribution in [0, 0.1) is 0 Å². The van der Waals surface area contributed by atoms with Gasteiger partial charge in [-0.15, -0.1) is 0 Å². The van der Waals surface area contributed by atoms with Crippen LogP contribution >= 0.6 is 0 Å². The molecule has 4 unspecified atom stereocenters. The van der Waals surface area contributed by atoms with Gasteiger partial charge >= 0.3 is 0 Å². The molecule has 1 heterocycles. The average Bonchev–Trinajstić information content (AvgIpc) is 2.08. The summed E-state index contributed by atoms with van der Waals surface area (Å²) in [5, 5.41) is 36.0. The van der Waals surface area contributed by atoms with Gasteiger partial charge in [0.1, 0.15) is 12.2 Å². The van der Waals surface area contributed by atoms with Crippen molar-refractivity contribution in [3.05, 3.63) is 0 Å². The Labute approximate surface area is 69.4 Å². The van der Waals surface area contributed by atoms with E-state index in [-0.39, 0.29) is 6.61 Å². The van der Waals surface area contributed by atoms with Crippen molar-refractivity contribution < 1.29 is 25.3 Å². The Hall–Kier alpha value is -0.240. The fourth-order valence-corrected chi connectivity index (χ4v) is 1.06. The molecule has 0 aromatic heterocycles. The Morgan fingerprint density at radius 2 is 2.17 bits per heavy atom. The first-order valence-corrected chi connectivity index (χ1v) is 3.69. The lowest BCUT2D eigenvalue weighted by Gasteiger charge is -2.34. The molecule has 5 N–H and O–H groups in total. The number of aliphatic hydroxyl groups is 4. The van der Waals surface area contributed by atoms with Gasteiger partial charge in [0, 0.05) is 0 Å². The molecule has 6 heteroatoms. The van der Waals surface area contributed by atoms with E-state index in [0.717, 1.165) is 0 Å². The summed E-state index contributed by atoms with van der Waals surface area (Å²) >= 11 is 0. The third-order valence-corrected chi connectivity index (χ3v) is 1.84. The Morgan fingerprint density at radius 1 is 1.50 bits per heavy atom. The number of hydroxylamine groups is 1. The van der Waals surface area contributed by atoms with Gasteiger partial charge in [0.25, 0.3) is 0 Å². The topological polar surface area (TPSA) is 102 Å². The monoisotopic (exact) mass is 179 g/mol. The minimum Gasteiger partial charge on any atom is -0.394 e. The summed E-state index contributed by atoms with van der Waals surface area (Å²) in [6, 6.07) is -0.848. The SMILES string of the molecule is OCC(O)C1NOCC(O)C1O. The summed E-state index contributed by atoms with van der Waals surface area (Å²) in [4.78, 5) is 4.66. The molecule has 72 valence electrons. The largest absolute Gasteiger partial charge is 0.394 e. The summed E-state index contributed by atoms with van der Waals surface area (Å²) in [6.45, 7) is -0.527. The van der Waals surface area contributed by atoms with Crippen LogP contribution in [0.2, 0.25) is 0 Å². The van der Waals surface area contributed by atoms with Crippen molar-refractivity contribution in [2.45, 2.75) is 24.4 Å². The van der Waals surface area contributed by atoms with Crippen molar-refractivity contribution in [3.8, 4) is 0 Å². The van der Waals surface area contributed by atoms with E-state index >= 15 is 0 Å². The lowest BCUT2D eigenvalue weighted by molar-refractivity contribution is -0.172. The minimum atomic E-state index is -1.14. The van der Waals surface area contributed by atoms with Crippen LogP contribution in [0.1, 0.15) is 0 Å². The summed E-state index contributed by atoms with van der Waals surface area (Å²) in [5.41, 5.74) is 2.33. The molecule has 1 rings (SSSR count). The molecule has 1 aliphatic heterocycles. The van der Waals surface area contributed by atoms with Gasteiger partial charge in [-0.05, 0) is 0 Å². The molecular weight excluding hydrogens is 166 g/mol. The Kier molecular flexibility index (Phi) is 3.39. The van der Waals surface area contributed by atoms with E-state index in [1.54, 1.807) is 0 Å². The minimum absolute atomic E-state index is 0.0319. The van der Waals surface area contributed by atoms with Crippen LogP contribution in [0.5, 0.6) is 0 Å². The van der Waals surface area contributed by atoms with Gasteiger partial charge in [0.05, 0.1) is 25.4 Å². The zero-order valence-electron chi connectivity index (χ0n) is 6.42. The highest BCUT2D eigenvalue weighted by molar-refractivity contribution is 4.87. The van der Waals surface area contributed by atoms with Gasteiger partial charge in [0.2, 0.25) is 0 Å². The third-order valence-electron chi connectivity index (χ3n) is 1.84. The van der Waals surface area contributed by atoms with Crippen LogP contribution in [-0.4, -0.2) is 58.0 Å². The standard InChI is InChI=1S/C6H13NO5/c8-1-3(9)5-6(11)4(10)2-12-7-5/h3-11H,1-2H2. The second-order valence-electron chi connectivity index (χ2n) is 2.76. The van der Waals surface area contributed by atoms with Crippen LogP contribution in [-0.2, 0) is 4.84 Å². The van der Waals surface area contributed by atoms with E-state index in [1.807, 2.05) is 0 Å². The maximum atomic E-state index is 9.28. The van der Waals surface area contributed by atoms with E-state index in [0.29, 0.717) is 0 Å². The van der Waals surface area contributed by atoms with Crippen LogP contribution < -0.4 is 5.48 Å². The molecule has 0 spiro atoms. The molecule has 6 nitrogen and oxygen atoms in total. The maximum Gasteiger partial charge on any atom is 0.107 e. The highest BCUT2D eigenvalue weighted by atomic mass is 16.7.